The van der Waals surface area contributed by atoms with Crippen LogP contribution in [0.4, 0.5) is 22.7 Å². The van der Waals surface area contributed by atoms with Gasteiger partial charge in [-0.25, -0.2) is 4.98 Å². The minimum absolute atomic E-state index is 0.266. The van der Waals surface area contributed by atoms with E-state index in [9.17, 15) is 10.1 Å². The normalized spacial score (nSPS) is 10.2. The van der Waals surface area contributed by atoms with Crippen LogP contribution >= 0.6 is 0 Å². The molecule has 0 radical (unpaired) electrons. The second-order valence-corrected chi connectivity index (χ2v) is 6.84. The van der Waals surface area contributed by atoms with Crippen molar-refractivity contribution in [2.45, 2.75) is 20.8 Å². The largest absolute Gasteiger partial charge is 0.372 e. The summed E-state index contributed by atoms with van der Waals surface area (Å²) in [6.07, 6.45) is 1.58. The van der Waals surface area contributed by atoms with E-state index in [1.54, 1.807) is 24.4 Å². The quantitative estimate of drug-likeness (QED) is 0.577. The molecule has 0 aliphatic heterocycles. The van der Waals surface area contributed by atoms with Crippen LogP contribution in [0.3, 0.4) is 0 Å². The lowest BCUT2D eigenvalue weighted by atomic mass is 10.1. The number of aryl methyl sites for hydroxylation is 1. The number of nitrogens with one attached hydrogen (secondary N) is 2. The standard InChI is InChI=1S/C24H25N5O/c1-4-29(5-2)20-11-13-21(17(3)14-20)28-24(30)23-12-10-19(16-26-23)27-22-9-7-6-8-18(22)15-25/h6-14,16,27H,4-5H2,1-3H3,(H,28,30). The Balaban J connectivity index is 1.70. The molecule has 152 valence electrons. The maximum atomic E-state index is 12.6. The van der Waals surface area contributed by atoms with Gasteiger partial charge in [0.2, 0.25) is 0 Å². The van der Waals surface area contributed by atoms with Crippen LogP contribution in [0.15, 0.2) is 60.8 Å². The van der Waals surface area contributed by atoms with Crippen molar-refractivity contribution >= 4 is 28.7 Å². The maximum Gasteiger partial charge on any atom is 0.274 e. The highest BCUT2D eigenvalue weighted by atomic mass is 16.1. The minimum Gasteiger partial charge on any atom is -0.372 e. The lowest BCUT2D eigenvalue weighted by Gasteiger charge is -2.22. The lowest BCUT2D eigenvalue weighted by molar-refractivity contribution is 0.102. The third kappa shape index (κ3) is 4.76. The molecule has 0 aliphatic carbocycles. The van der Waals surface area contributed by atoms with E-state index in [2.05, 4.69) is 46.5 Å². The molecule has 30 heavy (non-hydrogen) atoms. The fourth-order valence-corrected chi connectivity index (χ4v) is 3.21. The Morgan fingerprint density at radius 3 is 2.47 bits per heavy atom. The molecular weight excluding hydrogens is 374 g/mol. The number of anilines is 4. The predicted octanol–water partition coefficient (Wildman–Crippen LogP) is 5.10. The lowest BCUT2D eigenvalue weighted by Crippen LogP contribution is -2.22. The number of aromatic nitrogens is 1. The molecule has 0 atom stereocenters. The van der Waals surface area contributed by atoms with E-state index in [0.29, 0.717) is 22.6 Å². The van der Waals surface area contributed by atoms with E-state index in [0.717, 1.165) is 30.0 Å². The zero-order chi connectivity index (χ0) is 21.5. The van der Waals surface area contributed by atoms with Crippen molar-refractivity contribution < 1.29 is 4.79 Å². The van der Waals surface area contributed by atoms with Crippen molar-refractivity contribution in [3.05, 3.63) is 77.6 Å². The molecule has 0 unspecified atom stereocenters. The number of nitriles is 1. The molecule has 6 heteroatoms. The highest BCUT2D eigenvalue weighted by molar-refractivity contribution is 6.03. The number of nitrogens with zero attached hydrogens (tertiary/aromatic N) is 3. The van der Waals surface area contributed by atoms with Crippen molar-refractivity contribution in [3.63, 3.8) is 0 Å². The Morgan fingerprint density at radius 1 is 1.07 bits per heavy atom. The average Bonchev–Trinajstić information content (AvgIpc) is 2.77. The van der Waals surface area contributed by atoms with E-state index in [1.807, 2.05) is 37.3 Å². The molecule has 0 spiro atoms. The highest BCUT2D eigenvalue weighted by Crippen LogP contribution is 2.24. The van der Waals surface area contributed by atoms with Crippen LogP contribution in [-0.4, -0.2) is 24.0 Å². The molecule has 1 aromatic heterocycles. The Labute approximate surface area is 177 Å². The first-order valence-corrected chi connectivity index (χ1v) is 9.94. The van der Waals surface area contributed by atoms with Gasteiger partial charge >= 0.3 is 0 Å². The van der Waals surface area contributed by atoms with E-state index < -0.39 is 0 Å². The molecule has 2 aromatic carbocycles. The number of hydrogen-bond donors (Lipinski definition) is 2. The van der Waals surface area contributed by atoms with Gasteiger partial charge in [0.05, 0.1) is 23.1 Å². The van der Waals surface area contributed by atoms with E-state index in [4.69, 9.17) is 0 Å². The summed E-state index contributed by atoms with van der Waals surface area (Å²) in [5, 5.41) is 15.3. The van der Waals surface area contributed by atoms with Crippen LogP contribution < -0.4 is 15.5 Å². The average molecular weight is 399 g/mol. The second-order valence-electron chi connectivity index (χ2n) is 6.84. The second kappa shape index (κ2) is 9.57. The van der Waals surface area contributed by atoms with Gasteiger partial charge in [0, 0.05) is 24.5 Å². The van der Waals surface area contributed by atoms with Gasteiger partial charge < -0.3 is 15.5 Å². The van der Waals surface area contributed by atoms with Crippen LogP contribution in [0.5, 0.6) is 0 Å². The van der Waals surface area contributed by atoms with Gasteiger partial charge in [-0.1, -0.05) is 12.1 Å². The van der Waals surface area contributed by atoms with Gasteiger partial charge in [-0.3, -0.25) is 4.79 Å². The number of pyridine rings is 1. The molecule has 3 rings (SSSR count). The Morgan fingerprint density at radius 2 is 1.83 bits per heavy atom. The van der Waals surface area contributed by atoms with Crippen LogP contribution in [0.2, 0.25) is 0 Å². The fraction of sp³-hybridized carbons (Fsp3) is 0.208. The van der Waals surface area contributed by atoms with Gasteiger partial charge in [-0.05, 0) is 68.8 Å². The fourth-order valence-electron chi connectivity index (χ4n) is 3.21. The van der Waals surface area contributed by atoms with E-state index in [-0.39, 0.29) is 5.91 Å². The van der Waals surface area contributed by atoms with Crippen molar-refractivity contribution in [1.82, 2.24) is 4.98 Å². The van der Waals surface area contributed by atoms with Crippen LogP contribution in [-0.2, 0) is 0 Å². The zero-order valence-electron chi connectivity index (χ0n) is 17.4. The third-order valence-electron chi connectivity index (χ3n) is 4.91. The summed E-state index contributed by atoms with van der Waals surface area (Å²) in [6.45, 7) is 8.10. The molecule has 0 saturated heterocycles. The molecule has 6 nitrogen and oxygen atoms in total. The summed E-state index contributed by atoms with van der Waals surface area (Å²) >= 11 is 0. The number of benzene rings is 2. The van der Waals surface area contributed by atoms with Crippen molar-refractivity contribution in [2.24, 2.45) is 0 Å². The van der Waals surface area contributed by atoms with Crippen LogP contribution in [0.1, 0.15) is 35.5 Å². The molecule has 0 saturated carbocycles. The first-order chi connectivity index (χ1) is 14.5. The molecule has 2 N–H and O–H groups in total. The van der Waals surface area contributed by atoms with E-state index in [1.165, 1.54) is 0 Å². The first-order valence-electron chi connectivity index (χ1n) is 9.94. The topological polar surface area (TPSA) is 81.0 Å². The van der Waals surface area contributed by atoms with Crippen molar-refractivity contribution in [1.29, 1.82) is 5.26 Å². The summed E-state index contributed by atoms with van der Waals surface area (Å²) < 4.78 is 0. The number of hydrogen-bond acceptors (Lipinski definition) is 5. The van der Waals surface area contributed by atoms with Crippen LogP contribution in [0, 0.1) is 18.3 Å². The molecule has 1 heterocycles. The molecule has 0 fully saturated rings. The van der Waals surface area contributed by atoms with Gasteiger partial charge in [-0.15, -0.1) is 0 Å². The Kier molecular flexibility index (Phi) is 6.66. The minimum atomic E-state index is -0.266. The Bertz CT molecular complexity index is 1070. The van der Waals surface area contributed by atoms with E-state index >= 15 is 0 Å². The van der Waals surface area contributed by atoms with Gasteiger partial charge in [0.25, 0.3) is 5.91 Å². The zero-order valence-corrected chi connectivity index (χ0v) is 17.4. The van der Waals surface area contributed by atoms with Gasteiger partial charge in [-0.2, -0.15) is 5.26 Å². The maximum absolute atomic E-state index is 12.6. The molecule has 0 aliphatic rings. The van der Waals surface area contributed by atoms with Gasteiger partial charge in [0.15, 0.2) is 0 Å². The summed E-state index contributed by atoms with van der Waals surface area (Å²) in [4.78, 5) is 19.1. The number of carbonyl (C=O) groups is 1. The third-order valence-corrected chi connectivity index (χ3v) is 4.91. The SMILES string of the molecule is CCN(CC)c1ccc(NC(=O)c2ccc(Nc3ccccc3C#N)cn2)c(C)c1. The highest BCUT2D eigenvalue weighted by Gasteiger charge is 2.11. The predicted molar refractivity (Wildman–Crippen MR) is 121 cm³/mol. The molecule has 3 aromatic rings. The number of para-hydroxylation sites is 1. The Hall–Kier alpha value is -3.85. The van der Waals surface area contributed by atoms with Crippen molar-refractivity contribution in [3.8, 4) is 6.07 Å². The smallest absolute Gasteiger partial charge is 0.274 e. The van der Waals surface area contributed by atoms with Gasteiger partial charge in [0.1, 0.15) is 11.8 Å². The number of rotatable bonds is 7. The number of carbonyl (C=O) groups excluding carboxylic acids is 1. The monoisotopic (exact) mass is 399 g/mol. The summed E-state index contributed by atoms with van der Waals surface area (Å²) in [7, 11) is 0. The summed E-state index contributed by atoms with van der Waals surface area (Å²) in [6, 6.07) is 18.8. The summed E-state index contributed by atoms with van der Waals surface area (Å²) in [5.41, 5.74) is 5.17. The molecule has 0 bridgehead atoms. The number of amides is 1. The van der Waals surface area contributed by atoms with Crippen molar-refractivity contribution in [2.75, 3.05) is 28.6 Å². The van der Waals surface area contributed by atoms with Crippen LogP contribution in [0.25, 0.3) is 0 Å². The molecule has 1 amide bonds. The summed E-state index contributed by atoms with van der Waals surface area (Å²) in [5.74, 6) is -0.266. The first kappa shape index (κ1) is 20.9. The molecular formula is C24H25N5O.